The lowest BCUT2D eigenvalue weighted by Gasteiger charge is -2.31. The number of methoxy groups -OCH3 is 1. The van der Waals surface area contributed by atoms with Gasteiger partial charge < -0.3 is 23.8 Å². The average Bonchev–Trinajstić information content (AvgIpc) is 3.36. The van der Waals surface area contributed by atoms with Gasteiger partial charge in [-0.25, -0.2) is 0 Å². The lowest BCUT2D eigenvalue weighted by atomic mass is 10.1. The molecular weight excluding hydrogens is 474 g/mol. The minimum Gasteiger partial charge on any atom is -0.493 e. The van der Waals surface area contributed by atoms with Crippen LogP contribution in [0, 0.1) is 10.1 Å². The molecule has 196 valence electrons. The van der Waals surface area contributed by atoms with E-state index >= 15 is 0 Å². The molecule has 2 saturated heterocycles. The van der Waals surface area contributed by atoms with Crippen LogP contribution in [0.5, 0.6) is 11.5 Å². The Hall–Kier alpha value is -2.08. The molecular formula is C24H37N3O7S. The Morgan fingerprint density at radius 3 is 2.69 bits per heavy atom. The number of carbonyl (C=O) groups is 1. The molecule has 2 atom stereocenters. The Labute approximate surface area is 211 Å². The van der Waals surface area contributed by atoms with Gasteiger partial charge in [-0.15, -0.1) is 11.8 Å². The molecule has 0 aliphatic carbocycles. The number of nitro benzene ring substituents is 1. The van der Waals surface area contributed by atoms with Gasteiger partial charge in [-0.1, -0.05) is 6.92 Å². The van der Waals surface area contributed by atoms with E-state index in [9.17, 15) is 14.9 Å². The molecule has 0 N–H and O–H groups in total. The van der Waals surface area contributed by atoms with Crippen LogP contribution in [0.3, 0.4) is 0 Å². The second-order valence-electron chi connectivity index (χ2n) is 8.42. The van der Waals surface area contributed by atoms with Crippen molar-refractivity contribution in [2.45, 2.75) is 44.6 Å². The molecule has 0 aromatic heterocycles. The largest absolute Gasteiger partial charge is 0.493 e. The van der Waals surface area contributed by atoms with Gasteiger partial charge in [-0.05, 0) is 31.9 Å². The van der Waals surface area contributed by atoms with Crippen LogP contribution < -0.4 is 9.47 Å². The van der Waals surface area contributed by atoms with E-state index in [-0.39, 0.29) is 34.4 Å². The van der Waals surface area contributed by atoms with Gasteiger partial charge in [0.05, 0.1) is 44.0 Å². The molecule has 0 spiro atoms. The van der Waals surface area contributed by atoms with E-state index in [0.717, 1.165) is 57.9 Å². The minimum absolute atomic E-state index is 0.0103. The first-order valence-electron chi connectivity index (χ1n) is 12.3. The topological polar surface area (TPSA) is 104 Å². The quantitative estimate of drug-likeness (QED) is 0.170. The zero-order valence-corrected chi connectivity index (χ0v) is 21.7. The van der Waals surface area contributed by atoms with E-state index < -0.39 is 4.92 Å². The van der Waals surface area contributed by atoms with Gasteiger partial charge in [0.2, 0.25) is 0 Å². The predicted molar refractivity (Wildman–Crippen MR) is 135 cm³/mol. The molecule has 2 heterocycles. The molecule has 10 nitrogen and oxygen atoms in total. The first-order valence-corrected chi connectivity index (χ1v) is 13.4. The monoisotopic (exact) mass is 511 g/mol. The number of amides is 1. The second-order valence-corrected chi connectivity index (χ2v) is 9.80. The average molecular weight is 512 g/mol. The fraction of sp³-hybridized carbons (Fsp3) is 0.708. The van der Waals surface area contributed by atoms with Gasteiger partial charge in [0.25, 0.3) is 11.6 Å². The van der Waals surface area contributed by atoms with Crippen molar-refractivity contribution in [1.82, 2.24) is 9.80 Å². The highest BCUT2D eigenvalue weighted by atomic mass is 32.2. The van der Waals surface area contributed by atoms with Crippen LogP contribution in [0.2, 0.25) is 0 Å². The molecule has 1 amide bonds. The van der Waals surface area contributed by atoms with E-state index in [0.29, 0.717) is 25.5 Å². The molecule has 1 aromatic carbocycles. The first-order chi connectivity index (χ1) is 17.0. The fourth-order valence-electron chi connectivity index (χ4n) is 4.52. The van der Waals surface area contributed by atoms with Crippen LogP contribution in [0.1, 0.15) is 43.5 Å². The molecule has 2 aliphatic rings. The molecule has 2 fully saturated rings. The van der Waals surface area contributed by atoms with Gasteiger partial charge in [0.15, 0.2) is 11.5 Å². The molecule has 0 saturated carbocycles. The fourth-order valence-corrected chi connectivity index (χ4v) is 5.59. The molecule has 11 heteroatoms. The minimum atomic E-state index is -0.529. The Bertz CT molecular complexity index is 845. The highest BCUT2D eigenvalue weighted by Gasteiger charge is 2.38. The maximum absolute atomic E-state index is 13.6. The number of hydrogen-bond donors (Lipinski definition) is 0. The summed E-state index contributed by atoms with van der Waals surface area (Å²) in [6.45, 7) is 9.56. The normalized spacial score (nSPS) is 19.5. The summed E-state index contributed by atoms with van der Waals surface area (Å²) < 4.78 is 22.6. The predicted octanol–water partition coefficient (Wildman–Crippen LogP) is 3.42. The zero-order chi connectivity index (χ0) is 25.2. The third kappa shape index (κ3) is 7.22. The van der Waals surface area contributed by atoms with E-state index in [1.165, 1.54) is 19.2 Å². The van der Waals surface area contributed by atoms with E-state index in [1.807, 2.05) is 13.8 Å². The van der Waals surface area contributed by atoms with Gasteiger partial charge >= 0.3 is 0 Å². The smallest absolute Gasteiger partial charge is 0.286 e. The number of rotatable bonds is 13. The number of carbonyl (C=O) groups excluding carboxylic acids is 1. The van der Waals surface area contributed by atoms with Crippen LogP contribution in [-0.2, 0) is 9.47 Å². The van der Waals surface area contributed by atoms with E-state index in [4.69, 9.17) is 18.9 Å². The molecule has 1 unspecified atom stereocenters. The van der Waals surface area contributed by atoms with Crippen LogP contribution in [0.25, 0.3) is 0 Å². The maximum Gasteiger partial charge on any atom is 0.286 e. The van der Waals surface area contributed by atoms with Crippen LogP contribution in [0.4, 0.5) is 5.69 Å². The van der Waals surface area contributed by atoms with Crippen LogP contribution in [0.15, 0.2) is 12.1 Å². The molecule has 3 rings (SSSR count). The summed E-state index contributed by atoms with van der Waals surface area (Å²) in [6.07, 6.45) is 2.40. The number of nitrogens with zero attached hydrogens (tertiary/aromatic N) is 3. The number of hydrogen-bond acceptors (Lipinski definition) is 9. The lowest BCUT2D eigenvalue weighted by molar-refractivity contribution is -0.385. The lowest BCUT2D eigenvalue weighted by Crippen LogP contribution is -2.43. The van der Waals surface area contributed by atoms with Crippen molar-refractivity contribution in [1.29, 1.82) is 0 Å². The first kappa shape index (κ1) is 27.5. The summed E-state index contributed by atoms with van der Waals surface area (Å²) in [5, 5.41) is 11.9. The molecule has 0 bridgehead atoms. The van der Waals surface area contributed by atoms with Gasteiger partial charge in [0, 0.05) is 38.9 Å². The Kier molecular flexibility index (Phi) is 10.9. The molecule has 2 aliphatic heterocycles. The Morgan fingerprint density at radius 1 is 1.26 bits per heavy atom. The van der Waals surface area contributed by atoms with Gasteiger partial charge in [0.1, 0.15) is 11.0 Å². The Morgan fingerprint density at radius 2 is 2.03 bits per heavy atom. The highest BCUT2D eigenvalue weighted by Crippen LogP contribution is 2.37. The number of morpholine rings is 1. The van der Waals surface area contributed by atoms with E-state index in [2.05, 4.69) is 4.90 Å². The summed E-state index contributed by atoms with van der Waals surface area (Å²) in [7, 11) is 1.47. The van der Waals surface area contributed by atoms with Crippen LogP contribution in [-0.4, -0.2) is 97.6 Å². The van der Waals surface area contributed by atoms with Crippen LogP contribution >= 0.6 is 11.8 Å². The Balaban J connectivity index is 1.75. The number of thioether (sulfide) groups is 1. The van der Waals surface area contributed by atoms with Crippen molar-refractivity contribution in [2.24, 2.45) is 0 Å². The third-order valence-corrected chi connectivity index (χ3v) is 7.34. The molecule has 0 radical (unpaired) electrons. The maximum atomic E-state index is 13.6. The SMILES string of the molecule is CCOC(SCC)[C@@H]1CCCN1C(=O)c1cc(OC)c(OCCCN2CCOCC2)cc1[N+](=O)[O-]. The van der Waals surface area contributed by atoms with Crippen molar-refractivity contribution < 1.29 is 28.7 Å². The molecule has 35 heavy (non-hydrogen) atoms. The zero-order valence-electron chi connectivity index (χ0n) is 20.9. The second kappa shape index (κ2) is 13.9. The standard InChI is InChI=1S/C24H37N3O7S/c1-4-33-24(35-5-2)19-8-6-10-26(19)23(28)18-16-21(31-3)22(17-20(18)27(29)30)34-13-7-9-25-11-14-32-15-12-25/h16-17,19,24H,4-15H2,1-3H3/t19-,24?/m0/s1. The van der Waals surface area contributed by atoms with Crippen molar-refractivity contribution in [3.8, 4) is 11.5 Å². The number of likely N-dealkylation sites (tertiary alicyclic amines) is 1. The summed E-state index contributed by atoms with van der Waals surface area (Å²) in [4.78, 5) is 29.0. The summed E-state index contributed by atoms with van der Waals surface area (Å²) in [6, 6.07) is 2.62. The summed E-state index contributed by atoms with van der Waals surface area (Å²) >= 11 is 1.65. The molecule has 1 aromatic rings. The van der Waals surface area contributed by atoms with Crippen molar-refractivity contribution in [2.75, 3.05) is 65.5 Å². The van der Waals surface area contributed by atoms with Gasteiger partial charge in [-0.3, -0.25) is 19.8 Å². The van der Waals surface area contributed by atoms with Gasteiger partial charge in [-0.2, -0.15) is 0 Å². The van der Waals surface area contributed by atoms with Crippen molar-refractivity contribution in [3.63, 3.8) is 0 Å². The summed E-state index contributed by atoms with van der Waals surface area (Å²) in [5.74, 6) is 1.06. The van der Waals surface area contributed by atoms with Crippen molar-refractivity contribution >= 4 is 23.4 Å². The van der Waals surface area contributed by atoms with E-state index in [1.54, 1.807) is 16.7 Å². The summed E-state index contributed by atoms with van der Waals surface area (Å²) in [5.41, 5.74) is -0.427. The highest BCUT2D eigenvalue weighted by molar-refractivity contribution is 7.99. The number of benzene rings is 1. The van der Waals surface area contributed by atoms with Crippen molar-refractivity contribution in [3.05, 3.63) is 27.8 Å². The third-order valence-electron chi connectivity index (χ3n) is 6.23. The number of nitro groups is 1. The number of ether oxygens (including phenoxy) is 4.